The largest absolute Gasteiger partial charge is 0.350 e. The van der Waals surface area contributed by atoms with Gasteiger partial charge in [0.15, 0.2) is 11.4 Å². The molecule has 0 spiro atoms. The number of likely N-dealkylation sites (tertiary alicyclic amines) is 1. The molecule has 8 heteroatoms. The van der Waals surface area contributed by atoms with Crippen molar-refractivity contribution >= 4 is 22.8 Å². The second kappa shape index (κ2) is 13.1. The van der Waals surface area contributed by atoms with E-state index in [1.54, 1.807) is 12.4 Å². The Bertz CT molecular complexity index is 1900. The molecule has 1 N–H and O–H groups in total. The molecule has 230 valence electrons. The lowest BCUT2D eigenvalue weighted by Crippen LogP contribution is -2.31. The number of rotatable bonds is 9. The summed E-state index contributed by atoms with van der Waals surface area (Å²) in [5.41, 5.74) is 9.50. The first-order valence-electron chi connectivity index (χ1n) is 15.7. The van der Waals surface area contributed by atoms with Crippen LogP contribution in [0.3, 0.4) is 0 Å². The molecule has 0 unspecified atom stereocenters. The Balaban J connectivity index is 1.15. The molecule has 0 bridgehead atoms. The number of imidazole rings is 1. The molecule has 1 atom stereocenters. The highest BCUT2D eigenvalue weighted by molar-refractivity contribution is 5.98. The van der Waals surface area contributed by atoms with Crippen molar-refractivity contribution in [2.24, 2.45) is 0 Å². The van der Waals surface area contributed by atoms with E-state index in [0.717, 1.165) is 65.6 Å². The summed E-state index contributed by atoms with van der Waals surface area (Å²) in [6.07, 6.45) is 9.09. The summed E-state index contributed by atoms with van der Waals surface area (Å²) in [7, 11) is 4.33. The van der Waals surface area contributed by atoms with Crippen LogP contribution in [-0.4, -0.2) is 68.0 Å². The monoisotopic (exact) mass is 599 g/mol. The molecule has 8 nitrogen and oxygen atoms in total. The van der Waals surface area contributed by atoms with E-state index in [9.17, 15) is 4.79 Å². The van der Waals surface area contributed by atoms with Crippen LogP contribution in [0.5, 0.6) is 0 Å². The van der Waals surface area contributed by atoms with Gasteiger partial charge in [-0.1, -0.05) is 36.3 Å². The van der Waals surface area contributed by atoms with Crippen molar-refractivity contribution in [2.45, 2.75) is 52.7 Å². The lowest BCUT2D eigenvalue weighted by atomic mass is 9.97. The standard InChI is InChI=1S/C37H41N7O/c1-6-43-24-32(21-39-43)40-35-8-7-16-44-33(22-38-37(35)44)14-13-29-20-30(11-9-26(29)2)36(45)19-28-10-12-31(27(3)18-28)23-42-17-15-34(25-42)41(4)5/h7-12,16,18,20-22,24,34,40H,6,15,17,19,23,25H2,1-5H3/t34-/m1/s1. The maximum Gasteiger partial charge on any atom is 0.167 e. The molecule has 0 aliphatic carbocycles. The Labute approximate surface area is 265 Å². The highest BCUT2D eigenvalue weighted by Crippen LogP contribution is 2.23. The number of aromatic nitrogens is 4. The molecule has 1 fully saturated rings. The zero-order chi connectivity index (χ0) is 31.5. The van der Waals surface area contributed by atoms with Crippen LogP contribution in [0.25, 0.3) is 5.65 Å². The van der Waals surface area contributed by atoms with Gasteiger partial charge in [0.25, 0.3) is 0 Å². The Hall–Kier alpha value is -4.71. The number of fused-ring (bicyclic) bond motifs is 1. The number of anilines is 2. The number of ketones is 1. The molecule has 0 radical (unpaired) electrons. The van der Waals surface area contributed by atoms with E-state index in [1.165, 1.54) is 17.5 Å². The summed E-state index contributed by atoms with van der Waals surface area (Å²) in [4.78, 5) is 22.9. The van der Waals surface area contributed by atoms with Crippen LogP contribution in [-0.2, 0) is 19.5 Å². The average Bonchev–Trinajstić information content (AvgIpc) is 3.79. The van der Waals surface area contributed by atoms with E-state index in [2.05, 4.69) is 83.2 Å². The minimum Gasteiger partial charge on any atom is -0.350 e. The molecule has 4 heterocycles. The van der Waals surface area contributed by atoms with Gasteiger partial charge in [-0.05, 0) is 87.7 Å². The van der Waals surface area contributed by atoms with Crippen molar-refractivity contribution in [1.29, 1.82) is 0 Å². The SMILES string of the molecule is CCn1cc(Nc2cccn3c(C#Cc4cc(C(=O)Cc5ccc(CN6CC[C@@H](N(C)C)C6)c(C)c5)ccc4C)cnc23)cn1. The number of nitrogens with zero attached hydrogens (tertiary/aromatic N) is 6. The third-order valence-corrected chi connectivity index (χ3v) is 8.80. The number of likely N-dealkylation sites (N-methyl/N-ethyl adjacent to an activating group) is 1. The van der Waals surface area contributed by atoms with Crippen LogP contribution in [0, 0.1) is 25.7 Å². The Kier molecular flexibility index (Phi) is 8.83. The Morgan fingerprint density at radius 1 is 1.07 bits per heavy atom. The van der Waals surface area contributed by atoms with Crippen LogP contribution in [0.1, 0.15) is 57.2 Å². The number of aryl methyl sites for hydroxylation is 3. The van der Waals surface area contributed by atoms with Gasteiger partial charge >= 0.3 is 0 Å². The van der Waals surface area contributed by atoms with E-state index in [-0.39, 0.29) is 5.78 Å². The van der Waals surface area contributed by atoms with E-state index in [0.29, 0.717) is 18.0 Å². The number of pyridine rings is 1. The molecular weight excluding hydrogens is 558 g/mol. The zero-order valence-corrected chi connectivity index (χ0v) is 26.8. The lowest BCUT2D eigenvalue weighted by Gasteiger charge is -2.21. The molecule has 1 aliphatic heterocycles. The lowest BCUT2D eigenvalue weighted by molar-refractivity contribution is 0.0993. The number of benzene rings is 2. The van der Waals surface area contributed by atoms with Crippen LogP contribution >= 0.6 is 0 Å². The third-order valence-electron chi connectivity index (χ3n) is 8.80. The molecule has 0 amide bonds. The van der Waals surface area contributed by atoms with Gasteiger partial charge in [-0.15, -0.1) is 0 Å². The highest BCUT2D eigenvalue weighted by Gasteiger charge is 2.24. The van der Waals surface area contributed by atoms with Crippen molar-refractivity contribution in [3.05, 3.63) is 112 Å². The van der Waals surface area contributed by atoms with E-state index in [1.807, 2.05) is 58.7 Å². The topological polar surface area (TPSA) is 70.7 Å². The number of Topliss-reactive ketones (excluding diaryl/α,β-unsaturated/α-hetero) is 1. The van der Waals surface area contributed by atoms with Crippen molar-refractivity contribution in [1.82, 2.24) is 29.0 Å². The molecule has 2 aromatic carbocycles. The van der Waals surface area contributed by atoms with Gasteiger partial charge in [-0.3, -0.25) is 18.8 Å². The normalized spacial score (nSPS) is 15.0. The summed E-state index contributed by atoms with van der Waals surface area (Å²) < 4.78 is 3.85. The fraction of sp³-hybridized carbons (Fsp3) is 0.324. The van der Waals surface area contributed by atoms with Crippen molar-refractivity contribution < 1.29 is 4.79 Å². The maximum absolute atomic E-state index is 13.4. The van der Waals surface area contributed by atoms with E-state index >= 15 is 0 Å². The molecule has 1 aliphatic rings. The predicted molar refractivity (Wildman–Crippen MR) is 180 cm³/mol. The maximum atomic E-state index is 13.4. The smallest absolute Gasteiger partial charge is 0.167 e. The number of nitrogens with one attached hydrogen (secondary N) is 1. The van der Waals surface area contributed by atoms with Crippen LogP contribution in [0.4, 0.5) is 11.4 Å². The summed E-state index contributed by atoms with van der Waals surface area (Å²) in [6, 6.07) is 16.9. The molecule has 1 saturated heterocycles. The van der Waals surface area contributed by atoms with Gasteiger partial charge in [-0.25, -0.2) is 4.98 Å². The zero-order valence-electron chi connectivity index (χ0n) is 26.8. The van der Waals surface area contributed by atoms with Gasteiger partial charge in [0, 0.05) is 62.2 Å². The molecule has 0 saturated carbocycles. The first kappa shape index (κ1) is 30.3. The third kappa shape index (κ3) is 6.85. The predicted octanol–water partition coefficient (Wildman–Crippen LogP) is 5.87. The van der Waals surface area contributed by atoms with Gasteiger partial charge in [-0.2, -0.15) is 5.10 Å². The first-order valence-corrected chi connectivity index (χ1v) is 15.7. The number of hydrogen-bond donors (Lipinski definition) is 1. The fourth-order valence-electron chi connectivity index (χ4n) is 5.97. The van der Waals surface area contributed by atoms with Crippen molar-refractivity contribution in [2.75, 3.05) is 32.5 Å². The summed E-state index contributed by atoms with van der Waals surface area (Å²) in [5.74, 6) is 6.68. The van der Waals surface area contributed by atoms with E-state index < -0.39 is 0 Å². The first-order chi connectivity index (χ1) is 21.8. The minimum atomic E-state index is 0.0930. The fourth-order valence-corrected chi connectivity index (χ4v) is 5.97. The quantitative estimate of drug-likeness (QED) is 0.169. The van der Waals surface area contributed by atoms with Crippen molar-refractivity contribution in [3.63, 3.8) is 0 Å². The Morgan fingerprint density at radius 2 is 1.93 bits per heavy atom. The van der Waals surface area contributed by atoms with Gasteiger partial charge < -0.3 is 10.2 Å². The minimum absolute atomic E-state index is 0.0930. The molecular formula is C37H41N7O. The second-order valence-corrected chi connectivity index (χ2v) is 12.3. The molecule has 6 rings (SSSR count). The van der Waals surface area contributed by atoms with Gasteiger partial charge in [0.1, 0.15) is 5.69 Å². The average molecular weight is 600 g/mol. The highest BCUT2D eigenvalue weighted by atomic mass is 16.1. The summed E-state index contributed by atoms with van der Waals surface area (Å²) in [5, 5.41) is 7.75. The van der Waals surface area contributed by atoms with Gasteiger partial charge in [0.2, 0.25) is 0 Å². The molecule has 45 heavy (non-hydrogen) atoms. The van der Waals surface area contributed by atoms with Crippen LogP contribution < -0.4 is 5.32 Å². The molecule has 3 aromatic heterocycles. The number of carbonyl (C=O) groups excluding carboxylic acids is 1. The second-order valence-electron chi connectivity index (χ2n) is 12.3. The Morgan fingerprint density at radius 3 is 2.69 bits per heavy atom. The number of hydrogen-bond acceptors (Lipinski definition) is 6. The molecule has 5 aromatic rings. The van der Waals surface area contributed by atoms with Gasteiger partial charge in [0.05, 0.1) is 23.8 Å². The number of carbonyl (C=O) groups is 1. The summed E-state index contributed by atoms with van der Waals surface area (Å²) in [6.45, 7) is 10.2. The summed E-state index contributed by atoms with van der Waals surface area (Å²) >= 11 is 0. The van der Waals surface area contributed by atoms with Crippen LogP contribution in [0.2, 0.25) is 0 Å². The van der Waals surface area contributed by atoms with E-state index in [4.69, 9.17) is 0 Å². The van der Waals surface area contributed by atoms with Crippen LogP contribution in [0.15, 0.2) is 73.3 Å². The van der Waals surface area contributed by atoms with Crippen molar-refractivity contribution in [3.8, 4) is 11.8 Å².